The maximum atomic E-state index is 12.5. The van der Waals surface area contributed by atoms with Crippen molar-refractivity contribution in [3.05, 3.63) is 71.1 Å². The van der Waals surface area contributed by atoms with Crippen molar-refractivity contribution in [2.24, 2.45) is 0 Å². The molecule has 2 aromatic carbocycles. The summed E-state index contributed by atoms with van der Waals surface area (Å²) >= 11 is 5.89. The Balaban J connectivity index is 1.31. The highest BCUT2D eigenvalue weighted by Gasteiger charge is 2.31. The first kappa shape index (κ1) is 17.7. The molecule has 0 radical (unpaired) electrons. The number of nitrogens with zero attached hydrogens (tertiary/aromatic N) is 3. The molecular formula is C21H20ClN3O2. The van der Waals surface area contributed by atoms with Crippen LogP contribution in [-0.4, -0.2) is 33.5 Å². The Morgan fingerprint density at radius 3 is 2.63 bits per heavy atom. The number of carbonyl (C=O) groups excluding carboxylic acids is 1. The highest BCUT2D eigenvalue weighted by atomic mass is 35.5. The second-order valence-electron chi connectivity index (χ2n) is 6.74. The molecule has 0 N–H and O–H groups in total. The van der Waals surface area contributed by atoms with Gasteiger partial charge in [-0.15, -0.1) is 0 Å². The standard InChI is InChI=1S/C21H20ClN3O2/c22-17-8-6-16(7-9-17)21-23-19(27-24-21)10-11-20(26)25-13-12-18(25)14-15-4-2-1-3-5-15/h1-9,18H,10-14H2. The number of carbonyl (C=O) groups is 1. The van der Waals surface area contributed by atoms with Crippen LogP contribution >= 0.6 is 11.6 Å². The molecule has 0 aliphatic carbocycles. The molecule has 138 valence electrons. The van der Waals surface area contributed by atoms with Gasteiger partial charge in [0.2, 0.25) is 17.6 Å². The zero-order valence-corrected chi connectivity index (χ0v) is 15.6. The second kappa shape index (κ2) is 7.92. The first-order valence-corrected chi connectivity index (χ1v) is 9.49. The fourth-order valence-electron chi connectivity index (χ4n) is 3.30. The molecule has 6 heteroatoms. The Hall–Kier alpha value is -2.66. The van der Waals surface area contributed by atoms with Crippen molar-refractivity contribution in [3.63, 3.8) is 0 Å². The lowest BCUT2D eigenvalue weighted by Crippen LogP contribution is -2.52. The smallest absolute Gasteiger partial charge is 0.227 e. The van der Waals surface area contributed by atoms with E-state index >= 15 is 0 Å². The number of rotatable bonds is 6. The SMILES string of the molecule is O=C(CCc1nc(-c2ccc(Cl)cc2)no1)N1CCC1Cc1ccccc1. The van der Waals surface area contributed by atoms with Crippen LogP contribution in [0.15, 0.2) is 59.1 Å². The summed E-state index contributed by atoms with van der Waals surface area (Å²) in [5, 5.41) is 4.65. The van der Waals surface area contributed by atoms with Crippen molar-refractivity contribution in [1.82, 2.24) is 15.0 Å². The molecule has 5 nitrogen and oxygen atoms in total. The topological polar surface area (TPSA) is 59.2 Å². The predicted molar refractivity (Wildman–Crippen MR) is 103 cm³/mol. The number of halogens is 1. The normalized spacial score (nSPS) is 16.2. The van der Waals surface area contributed by atoms with E-state index in [0.29, 0.717) is 35.6 Å². The zero-order chi connectivity index (χ0) is 18.6. The van der Waals surface area contributed by atoms with Crippen molar-refractivity contribution < 1.29 is 9.32 Å². The molecular weight excluding hydrogens is 362 g/mol. The van der Waals surface area contributed by atoms with E-state index in [-0.39, 0.29) is 5.91 Å². The number of hydrogen-bond donors (Lipinski definition) is 0. The molecule has 1 atom stereocenters. The summed E-state index contributed by atoms with van der Waals surface area (Å²) in [6, 6.07) is 17.9. The van der Waals surface area contributed by atoms with Crippen LogP contribution < -0.4 is 0 Å². The van der Waals surface area contributed by atoms with Gasteiger partial charge in [-0.05, 0) is 42.7 Å². The maximum Gasteiger partial charge on any atom is 0.227 e. The third-order valence-electron chi connectivity index (χ3n) is 4.90. The Morgan fingerprint density at radius 2 is 1.93 bits per heavy atom. The second-order valence-corrected chi connectivity index (χ2v) is 7.17. The van der Waals surface area contributed by atoms with Gasteiger partial charge in [0.25, 0.3) is 0 Å². The number of likely N-dealkylation sites (tertiary alicyclic amines) is 1. The Labute approximate surface area is 163 Å². The van der Waals surface area contributed by atoms with Crippen LogP contribution in [0.3, 0.4) is 0 Å². The monoisotopic (exact) mass is 381 g/mol. The number of aromatic nitrogens is 2. The van der Waals surface area contributed by atoms with E-state index in [2.05, 4.69) is 22.3 Å². The van der Waals surface area contributed by atoms with Crippen LogP contribution in [0.25, 0.3) is 11.4 Å². The summed E-state index contributed by atoms with van der Waals surface area (Å²) in [7, 11) is 0. The van der Waals surface area contributed by atoms with Crippen molar-refractivity contribution in [1.29, 1.82) is 0 Å². The molecule has 1 fully saturated rings. The number of benzene rings is 2. The molecule has 0 bridgehead atoms. The molecule has 1 amide bonds. The highest BCUT2D eigenvalue weighted by molar-refractivity contribution is 6.30. The molecule has 3 aromatic rings. The van der Waals surface area contributed by atoms with E-state index in [9.17, 15) is 4.79 Å². The van der Waals surface area contributed by atoms with E-state index in [4.69, 9.17) is 16.1 Å². The van der Waals surface area contributed by atoms with Gasteiger partial charge in [-0.3, -0.25) is 4.79 Å². The molecule has 1 unspecified atom stereocenters. The summed E-state index contributed by atoms with van der Waals surface area (Å²) in [5.41, 5.74) is 2.11. The lowest BCUT2D eigenvalue weighted by atomic mass is 9.94. The maximum absolute atomic E-state index is 12.5. The quantitative estimate of drug-likeness (QED) is 0.643. The van der Waals surface area contributed by atoms with Crippen LogP contribution in [0.4, 0.5) is 0 Å². The van der Waals surface area contributed by atoms with Crippen molar-refractivity contribution >= 4 is 17.5 Å². The summed E-state index contributed by atoms with van der Waals surface area (Å²) in [4.78, 5) is 18.9. The van der Waals surface area contributed by atoms with Gasteiger partial charge >= 0.3 is 0 Å². The summed E-state index contributed by atoms with van der Waals surface area (Å²) in [5.74, 6) is 1.14. The fourth-order valence-corrected chi connectivity index (χ4v) is 3.42. The molecule has 2 heterocycles. The number of hydrogen-bond acceptors (Lipinski definition) is 4. The molecule has 0 spiro atoms. The van der Waals surface area contributed by atoms with E-state index < -0.39 is 0 Å². The molecule has 1 aliphatic heterocycles. The molecule has 0 saturated carbocycles. The minimum atomic E-state index is 0.147. The molecule has 1 saturated heterocycles. The third kappa shape index (κ3) is 4.19. The Kier molecular flexibility index (Phi) is 5.21. The fraction of sp³-hybridized carbons (Fsp3) is 0.286. The molecule has 1 aromatic heterocycles. The van der Waals surface area contributed by atoms with E-state index in [0.717, 1.165) is 24.9 Å². The van der Waals surface area contributed by atoms with Crippen LogP contribution in [0.5, 0.6) is 0 Å². The Bertz CT molecular complexity index is 909. The summed E-state index contributed by atoms with van der Waals surface area (Å²) in [6.07, 6.45) is 2.80. The van der Waals surface area contributed by atoms with Gasteiger partial charge in [-0.25, -0.2) is 0 Å². The minimum Gasteiger partial charge on any atom is -0.339 e. The average Bonchev–Trinajstić information content (AvgIpc) is 3.14. The van der Waals surface area contributed by atoms with Gasteiger partial charge in [0.05, 0.1) is 0 Å². The van der Waals surface area contributed by atoms with Crippen molar-refractivity contribution in [2.45, 2.75) is 31.7 Å². The van der Waals surface area contributed by atoms with Crippen molar-refractivity contribution in [3.8, 4) is 11.4 Å². The average molecular weight is 382 g/mol. The Morgan fingerprint density at radius 1 is 1.15 bits per heavy atom. The predicted octanol–water partition coefficient (Wildman–Crippen LogP) is 4.17. The first-order chi connectivity index (χ1) is 13.2. The van der Waals surface area contributed by atoms with E-state index in [1.54, 1.807) is 12.1 Å². The van der Waals surface area contributed by atoms with Crippen LogP contribution in [0.2, 0.25) is 5.02 Å². The minimum absolute atomic E-state index is 0.147. The molecule has 27 heavy (non-hydrogen) atoms. The summed E-state index contributed by atoms with van der Waals surface area (Å²) in [6.45, 7) is 0.830. The van der Waals surface area contributed by atoms with Gasteiger partial charge in [-0.1, -0.05) is 47.1 Å². The van der Waals surface area contributed by atoms with Gasteiger partial charge in [-0.2, -0.15) is 4.98 Å². The van der Waals surface area contributed by atoms with Crippen LogP contribution in [0, 0.1) is 0 Å². The third-order valence-corrected chi connectivity index (χ3v) is 5.15. The lowest BCUT2D eigenvalue weighted by molar-refractivity contribution is -0.138. The number of aryl methyl sites for hydroxylation is 1. The van der Waals surface area contributed by atoms with E-state index in [1.807, 2.05) is 35.2 Å². The van der Waals surface area contributed by atoms with Crippen molar-refractivity contribution in [2.75, 3.05) is 6.54 Å². The molecule has 4 rings (SSSR count). The summed E-state index contributed by atoms with van der Waals surface area (Å²) < 4.78 is 5.29. The van der Waals surface area contributed by atoms with Crippen LogP contribution in [0.1, 0.15) is 24.3 Å². The van der Waals surface area contributed by atoms with E-state index in [1.165, 1.54) is 5.56 Å². The number of amides is 1. The van der Waals surface area contributed by atoms with Crippen LogP contribution in [-0.2, 0) is 17.6 Å². The van der Waals surface area contributed by atoms with Gasteiger partial charge < -0.3 is 9.42 Å². The largest absolute Gasteiger partial charge is 0.339 e. The molecule has 1 aliphatic rings. The van der Waals surface area contributed by atoms with Gasteiger partial charge in [0, 0.05) is 36.0 Å². The first-order valence-electron chi connectivity index (χ1n) is 9.11. The van der Waals surface area contributed by atoms with Gasteiger partial charge in [0.15, 0.2) is 0 Å². The lowest BCUT2D eigenvalue weighted by Gasteiger charge is -2.41. The highest BCUT2D eigenvalue weighted by Crippen LogP contribution is 2.23. The zero-order valence-electron chi connectivity index (χ0n) is 14.8. The van der Waals surface area contributed by atoms with Gasteiger partial charge in [0.1, 0.15) is 0 Å².